The third kappa shape index (κ3) is 16.6. The van der Waals surface area contributed by atoms with Crippen molar-refractivity contribution < 1.29 is 53.4 Å². The van der Waals surface area contributed by atoms with Crippen LogP contribution in [0.15, 0.2) is 69.5 Å². The number of anilines is 1. The number of carbonyl (C=O) groups is 9. The molecule has 15 N–H and O–H groups in total. The normalized spacial score (nSPS) is 18.9. The molecule has 26 heteroatoms. The summed E-state index contributed by atoms with van der Waals surface area (Å²) < 4.78 is 0. The van der Waals surface area contributed by atoms with E-state index < -0.39 is 109 Å². The molecular formula is C47H66N14O11S. The number of likely N-dealkylation sites (tertiary alicyclic amines) is 2. The number of thioether (sulfide) groups is 1. The average molecular weight is 1040 g/mol. The van der Waals surface area contributed by atoms with Gasteiger partial charge in [0.1, 0.15) is 43.0 Å². The van der Waals surface area contributed by atoms with Crippen LogP contribution in [0.1, 0.15) is 56.9 Å². The summed E-state index contributed by atoms with van der Waals surface area (Å²) in [6.07, 6.45) is 3.21. The number of aliphatic carboxylic acids is 1. The predicted octanol–water partition coefficient (Wildman–Crippen LogP) is -3.37. The summed E-state index contributed by atoms with van der Waals surface area (Å²) in [5.74, 6) is -6.06. The molecule has 25 nitrogen and oxygen atoms in total. The summed E-state index contributed by atoms with van der Waals surface area (Å²) in [4.78, 5) is 133. The van der Waals surface area contributed by atoms with Gasteiger partial charge in [0.05, 0.1) is 30.9 Å². The van der Waals surface area contributed by atoms with Crippen molar-refractivity contribution in [1.82, 2.24) is 36.4 Å². The summed E-state index contributed by atoms with van der Waals surface area (Å²) in [5.41, 5.74) is 22.4. The SMILES string of the molecule is NC(N)=NCCC[C@@H](C=O)NC(=O)[C@@H]1CCCN1C(=O)[C@@H]1CCCN1C(=O)CNC(=O)[C@H](Cc1ccccc1)NC(=O)[C@H](CO)N[C@@H]1CSc2ccccc2N(CC(=O)N[C@@H](CCCN=C(N)N)C(=O)O)C1=O. The smallest absolute Gasteiger partial charge is 0.326 e. The van der Waals surface area contributed by atoms with Crippen molar-refractivity contribution in [3.05, 3.63) is 60.2 Å². The third-order valence-corrected chi connectivity index (χ3v) is 13.5. The van der Waals surface area contributed by atoms with E-state index in [2.05, 4.69) is 36.6 Å². The molecule has 7 amide bonds. The van der Waals surface area contributed by atoms with Gasteiger partial charge >= 0.3 is 5.97 Å². The monoisotopic (exact) mass is 1030 g/mol. The highest BCUT2D eigenvalue weighted by Gasteiger charge is 2.43. The standard InChI is InChI=1S/C47H66N14O11S/c48-46(49)52-18-6-12-29(25-62)55-42(68)35-15-8-21-60(35)44(70)36-16-9-20-59(36)39(65)23-54-40(66)31(22-28-10-2-1-3-11-28)58-41(67)32(26-63)56-33-27-73-37-17-5-4-14-34(37)61(43(33)69)24-38(64)57-30(45(71)72)13-7-19-53-47(50)51/h1-5,10-11,14,17,25,29-33,35-36,56,63H,6-9,12-13,15-16,18-24,26-27H2,(H,54,66)(H,55,68)(H,57,64)(H,58,67)(H,71,72)(H4,48,49,52)(H4,50,51,53)/t29-,30-,31-,32-,33+,35-,36-/m0/s1. The lowest BCUT2D eigenvalue weighted by atomic mass is 10.0. The molecule has 0 spiro atoms. The summed E-state index contributed by atoms with van der Waals surface area (Å²) in [6, 6.07) is 7.61. The Hall–Kier alpha value is -7.32. The first-order valence-electron chi connectivity index (χ1n) is 24.0. The number of aliphatic imine (C=N–C) groups is 2. The predicted molar refractivity (Wildman–Crippen MR) is 269 cm³/mol. The summed E-state index contributed by atoms with van der Waals surface area (Å²) in [5, 5.41) is 33.6. The van der Waals surface area contributed by atoms with Crippen LogP contribution in [0.5, 0.6) is 0 Å². The van der Waals surface area contributed by atoms with Crippen LogP contribution in [0.25, 0.3) is 0 Å². The van der Waals surface area contributed by atoms with Crippen molar-refractivity contribution in [2.24, 2.45) is 32.9 Å². The van der Waals surface area contributed by atoms with E-state index in [9.17, 15) is 53.4 Å². The lowest BCUT2D eigenvalue weighted by Crippen LogP contribution is -2.60. The number of nitrogens with two attached hydrogens (primary N) is 4. The van der Waals surface area contributed by atoms with Crippen molar-refractivity contribution in [3.8, 4) is 0 Å². The first-order valence-corrected chi connectivity index (χ1v) is 25.0. The zero-order valence-corrected chi connectivity index (χ0v) is 41.2. The molecule has 2 saturated heterocycles. The van der Waals surface area contributed by atoms with E-state index in [0.717, 1.165) is 0 Å². The number of aliphatic hydroxyl groups is 1. The van der Waals surface area contributed by atoms with Crippen LogP contribution in [0, 0.1) is 0 Å². The number of para-hydroxylation sites is 1. The molecule has 0 unspecified atom stereocenters. The molecule has 2 aromatic carbocycles. The highest BCUT2D eigenvalue weighted by atomic mass is 32.2. The van der Waals surface area contributed by atoms with E-state index in [1.165, 1.54) is 26.5 Å². The number of hydrogen-bond acceptors (Lipinski definition) is 14. The number of amides is 7. The largest absolute Gasteiger partial charge is 0.480 e. The first kappa shape index (κ1) is 56.6. The molecule has 0 aromatic heterocycles. The second kappa shape index (κ2) is 28.1. The number of aldehydes is 1. The summed E-state index contributed by atoms with van der Waals surface area (Å²) in [7, 11) is 0. The number of carboxylic acid groups (broad SMARTS) is 1. The Balaban J connectivity index is 1.22. The van der Waals surface area contributed by atoms with Gasteiger partial charge in [-0.05, 0) is 69.1 Å². The molecule has 396 valence electrons. The minimum absolute atomic E-state index is 0.00454. The molecule has 2 aromatic rings. The maximum absolute atomic E-state index is 14.3. The molecule has 7 atom stereocenters. The maximum atomic E-state index is 14.3. The maximum Gasteiger partial charge on any atom is 0.326 e. The number of nitrogens with zero attached hydrogens (tertiary/aromatic N) is 5. The van der Waals surface area contributed by atoms with Gasteiger partial charge in [-0.1, -0.05) is 42.5 Å². The zero-order chi connectivity index (χ0) is 53.0. The summed E-state index contributed by atoms with van der Waals surface area (Å²) in [6.45, 7) is -1.08. The number of nitrogens with one attached hydrogen (secondary N) is 5. The van der Waals surface area contributed by atoms with Gasteiger partial charge in [-0.25, -0.2) is 4.79 Å². The van der Waals surface area contributed by atoms with E-state index >= 15 is 0 Å². The van der Waals surface area contributed by atoms with Crippen LogP contribution in [0.3, 0.4) is 0 Å². The number of carbonyl (C=O) groups excluding carboxylic acids is 8. The van der Waals surface area contributed by atoms with E-state index in [0.29, 0.717) is 54.5 Å². The lowest BCUT2D eigenvalue weighted by molar-refractivity contribution is -0.146. The van der Waals surface area contributed by atoms with Crippen LogP contribution in [0.2, 0.25) is 0 Å². The summed E-state index contributed by atoms with van der Waals surface area (Å²) >= 11 is 1.25. The lowest BCUT2D eigenvalue weighted by Gasteiger charge is -2.31. The van der Waals surface area contributed by atoms with E-state index in [1.54, 1.807) is 54.6 Å². The number of aliphatic hydroxyl groups excluding tert-OH is 1. The molecular weight excluding hydrogens is 969 g/mol. The number of benzene rings is 2. The molecule has 2 fully saturated rings. The fourth-order valence-corrected chi connectivity index (χ4v) is 9.83. The van der Waals surface area contributed by atoms with Crippen LogP contribution in [0.4, 0.5) is 5.69 Å². The highest BCUT2D eigenvalue weighted by Crippen LogP contribution is 2.34. The van der Waals surface area contributed by atoms with Gasteiger partial charge in [-0.3, -0.25) is 48.9 Å². The van der Waals surface area contributed by atoms with Crippen molar-refractivity contribution in [2.75, 3.05) is 56.5 Å². The Bertz CT molecular complexity index is 2350. The molecule has 0 aliphatic carbocycles. The number of fused-ring (bicyclic) bond motifs is 1. The molecule has 0 bridgehead atoms. The van der Waals surface area contributed by atoms with E-state index in [4.69, 9.17) is 22.9 Å². The molecule has 3 aliphatic rings. The van der Waals surface area contributed by atoms with Crippen LogP contribution < -0.4 is 54.4 Å². The number of hydrogen-bond donors (Lipinski definition) is 11. The Labute approximate surface area is 426 Å². The van der Waals surface area contributed by atoms with Crippen LogP contribution in [-0.4, -0.2) is 179 Å². The average Bonchev–Trinajstić information content (AvgIpc) is 4.06. The van der Waals surface area contributed by atoms with Gasteiger partial charge in [0.25, 0.3) is 0 Å². The fourth-order valence-electron chi connectivity index (χ4n) is 8.74. The molecule has 0 saturated carbocycles. The Kier molecular flexibility index (Phi) is 21.8. The minimum Gasteiger partial charge on any atom is -0.480 e. The van der Waals surface area contributed by atoms with E-state index in [1.807, 2.05) is 0 Å². The quantitative estimate of drug-likeness (QED) is 0.0190. The first-order chi connectivity index (χ1) is 35.0. The molecule has 5 rings (SSSR count). The number of rotatable bonds is 26. The van der Waals surface area contributed by atoms with E-state index in [-0.39, 0.29) is 69.5 Å². The van der Waals surface area contributed by atoms with Crippen molar-refractivity contribution in [3.63, 3.8) is 0 Å². The topological polar surface area (TPSA) is 393 Å². The highest BCUT2D eigenvalue weighted by molar-refractivity contribution is 7.99. The Morgan fingerprint density at radius 3 is 2.08 bits per heavy atom. The van der Waals surface area contributed by atoms with Gasteiger partial charge in [0, 0.05) is 43.2 Å². The fraction of sp³-hybridized carbons (Fsp3) is 0.511. The molecule has 3 aliphatic heterocycles. The van der Waals surface area contributed by atoms with Crippen LogP contribution >= 0.6 is 11.8 Å². The molecule has 3 heterocycles. The van der Waals surface area contributed by atoms with Crippen LogP contribution in [-0.2, 0) is 49.6 Å². The van der Waals surface area contributed by atoms with Gasteiger partial charge in [-0.2, -0.15) is 0 Å². The number of carboxylic acids is 1. The second-order valence-electron chi connectivity index (χ2n) is 17.7. The molecule has 73 heavy (non-hydrogen) atoms. The minimum atomic E-state index is -1.46. The van der Waals surface area contributed by atoms with Gasteiger partial charge in [-0.15, -0.1) is 11.8 Å². The molecule has 0 radical (unpaired) electrons. The van der Waals surface area contributed by atoms with Gasteiger partial charge in [0.2, 0.25) is 41.4 Å². The second-order valence-corrected chi connectivity index (χ2v) is 18.7. The van der Waals surface area contributed by atoms with Crippen molar-refractivity contribution >= 4 is 83.0 Å². The third-order valence-electron chi connectivity index (χ3n) is 12.4. The zero-order valence-electron chi connectivity index (χ0n) is 40.4. The number of guanidine groups is 2. The van der Waals surface area contributed by atoms with Crippen molar-refractivity contribution in [2.45, 2.75) is 105 Å². The Morgan fingerprint density at radius 1 is 0.781 bits per heavy atom. The van der Waals surface area contributed by atoms with Gasteiger partial charge in [0.15, 0.2) is 11.9 Å². The van der Waals surface area contributed by atoms with Crippen molar-refractivity contribution in [1.29, 1.82) is 0 Å². The van der Waals surface area contributed by atoms with Gasteiger partial charge < -0.3 is 73.9 Å². The Morgan fingerprint density at radius 2 is 1.42 bits per heavy atom.